The third-order valence-corrected chi connectivity index (χ3v) is 7.34. The highest BCUT2D eigenvalue weighted by Gasteiger charge is 2.07. The highest BCUT2D eigenvalue weighted by molar-refractivity contribution is 5.69. The Kier molecular flexibility index (Phi) is 41.4. The van der Waals surface area contributed by atoms with E-state index in [1.165, 1.54) is 83.5 Å². The first-order valence-corrected chi connectivity index (χ1v) is 18.8. The van der Waals surface area contributed by atoms with E-state index >= 15 is 0 Å². The first-order valence-electron chi connectivity index (χ1n) is 18.8. The van der Waals surface area contributed by atoms with Crippen molar-refractivity contribution < 1.29 is 57.6 Å². The number of carbonyl (C=O) groups is 1. The number of aliphatic hydroxyl groups excluding tert-OH is 2. The van der Waals surface area contributed by atoms with Gasteiger partial charge in [0.25, 0.3) is 0 Å². The third-order valence-electron chi connectivity index (χ3n) is 7.34. The molecular weight excluding hydrogens is 624 g/mol. The standard InChI is InChI=1S/C36H72O12/c1-2-3-4-5-6-7-8-9-10-11-12-13-14-15-17-40-19-21-42-23-25-44-27-29-46-31-32-47-30-28-45-26-24-43-22-20-41-18-16-36(39)48-34-35(38)33-37/h35,37-38H,2-34H2,1H3. The lowest BCUT2D eigenvalue weighted by Crippen LogP contribution is -2.22. The van der Waals surface area contributed by atoms with Crippen LogP contribution in [0.25, 0.3) is 0 Å². The number of aliphatic hydroxyl groups is 2. The lowest BCUT2D eigenvalue weighted by atomic mass is 10.0. The second kappa shape index (κ2) is 42.2. The SMILES string of the molecule is CCCCCCCCCCCCCCCCOCCOCCOCCOCCOCCOCCOCCOCCC(=O)OCC(O)CO. The number of unbranched alkanes of at least 4 members (excludes halogenated alkanes) is 13. The second-order valence-corrected chi connectivity index (χ2v) is 11.8. The summed E-state index contributed by atoms with van der Waals surface area (Å²) in [7, 11) is 0. The highest BCUT2D eigenvalue weighted by atomic mass is 16.6. The highest BCUT2D eigenvalue weighted by Crippen LogP contribution is 2.13. The van der Waals surface area contributed by atoms with Crippen LogP contribution in [0.4, 0.5) is 0 Å². The summed E-state index contributed by atoms with van der Waals surface area (Å²) >= 11 is 0. The number of hydrogen-bond acceptors (Lipinski definition) is 12. The molecule has 48 heavy (non-hydrogen) atoms. The summed E-state index contributed by atoms with van der Waals surface area (Å²) in [5, 5.41) is 17.8. The molecule has 1 atom stereocenters. The van der Waals surface area contributed by atoms with Gasteiger partial charge in [0.15, 0.2) is 0 Å². The van der Waals surface area contributed by atoms with Crippen LogP contribution < -0.4 is 0 Å². The quantitative estimate of drug-likeness (QED) is 0.0664. The molecule has 0 rings (SSSR count). The molecule has 0 bridgehead atoms. The summed E-state index contributed by atoms with van der Waals surface area (Å²) in [6.45, 7) is 9.60. The zero-order chi connectivity index (χ0) is 34.9. The molecule has 0 amide bonds. The van der Waals surface area contributed by atoms with Crippen LogP contribution in [0, 0.1) is 0 Å². The minimum absolute atomic E-state index is 0.0751. The summed E-state index contributed by atoms with van der Waals surface area (Å²) in [4.78, 5) is 11.4. The predicted molar refractivity (Wildman–Crippen MR) is 186 cm³/mol. The third kappa shape index (κ3) is 41.2. The number of rotatable bonds is 42. The molecule has 0 aromatic carbocycles. The average molecular weight is 697 g/mol. The van der Waals surface area contributed by atoms with Gasteiger partial charge < -0.3 is 52.8 Å². The maximum absolute atomic E-state index is 11.4. The molecule has 12 heteroatoms. The van der Waals surface area contributed by atoms with Gasteiger partial charge in [0.2, 0.25) is 0 Å². The van der Waals surface area contributed by atoms with Crippen LogP contribution in [0.2, 0.25) is 0 Å². The number of hydrogen-bond donors (Lipinski definition) is 2. The molecule has 0 aliphatic carbocycles. The average Bonchev–Trinajstić information content (AvgIpc) is 3.10. The molecule has 0 saturated heterocycles. The van der Waals surface area contributed by atoms with Crippen LogP contribution in [0.5, 0.6) is 0 Å². The van der Waals surface area contributed by atoms with Gasteiger partial charge in [-0.2, -0.15) is 0 Å². The van der Waals surface area contributed by atoms with E-state index in [1.54, 1.807) is 0 Å². The van der Waals surface area contributed by atoms with Crippen molar-refractivity contribution in [3.05, 3.63) is 0 Å². The zero-order valence-corrected chi connectivity index (χ0v) is 30.4. The van der Waals surface area contributed by atoms with Crippen molar-refractivity contribution >= 4 is 5.97 Å². The smallest absolute Gasteiger partial charge is 0.308 e. The van der Waals surface area contributed by atoms with Gasteiger partial charge in [-0.05, 0) is 6.42 Å². The van der Waals surface area contributed by atoms with E-state index in [4.69, 9.17) is 52.8 Å². The van der Waals surface area contributed by atoms with Gasteiger partial charge in [0, 0.05) is 6.61 Å². The van der Waals surface area contributed by atoms with Gasteiger partial charge in [0.05, 0.1) is 112 Å². The van der Waals surface area contributed by atoms with Crippen molar-refractivity contribution in [1.82, 2.24) is 0 Å². The summed E-state index contributed by atoms with van der Waals surface area (Å²) in [5.74, 6) is -0.488. The lowest BCUT2D eigenvalue weighted by Gasteiger charge is -2.09. The molecule has 12 nitrogen and oxygen atoms in total. The van der Waals surface area contributed by atoms with Crippen LogP contribution in [0.15, 0.2) is 0 Å². The van der Waals surface area contributed by atoms with Crippen molar-refractivity contribution in [2.24, 2.45) is 0 Å². The minimum atomic E-state index is -1.05. The van der Waals surface area contributed by atoms with Crippen molar-refractivity contribution in [2.75, 3.05) is 119 Å². The van der Waals surface area contributed by atoms with Gasteiger partial charge in [-0.15, -0.1) is 0 Å². The first-order chi connectivity index (χ1) is 23.7. The monoisotopic (exact) mass is 697 g/mol. The summed E-state index contributed by atoms with van der Waals surface area (Å²) in [5.41, 5.74) is 0. The van der Waals surface area contributed by atoms with Gasteiger partial charge in [-0.3, -0.25) is 4.79 Å². The maximum Gasteiger partial charge on any atom is 0.308 e. The Bertz CT molecular complexity index is 614. The van der Waals surface area contributed by atoms with E-state index in [0.717, 1.165) is 13.0 Å². The molecule has 288 valence electrons. The van der Waals surface area contributed by atoms with E-state index in [9.17, 15) is 4.79 Å². The van der Waals surface area contributed by atoms with Crippen LogP contribution in [0.1, 0.15) is 103 Å². The molecule has 0 aromatic rings. The molecular formula is C36H72O12. The minimum Gasteiger partial charge on any atom is -0.463 e. The van der Waals surface area contributed by atoms with Crippen LogP contribution in [0.3, 0.4) is 0 Å². The van der Waals surface area contributed by atoms with Crippen LogP contribution in [-0.4, -0.2) is 141 Å². The molecule has 1 unspecified atom stereocenters. The molecule has 0 aliphatic heterocycles. The van der Waals surface area contributed by atoms with Crippen molar-refractivity contribution in [2.45, 2.75) is 109 Å². The number of carbonyl (C=O) groups excluding carboxylic acids is 1. The van der Waals surface area contributed by atoms with Gasteiger partial charge in [-0.1, -0.05) is 90.4 Å². The number of ether oxygens (including phenoxy) is 9. The fourth-order valence-electron chi connectivity index (χ4n) is 4.51. The Hall–Kier alpha value is -0.930. The molecule has 2 N–H and O–H groups in total. The Balaban J connectivity index is 3.09. The summed E-state index contributed by atoms with van der Waals surface area (Å²) in [6, 6.07) is 0. The summed E-state index contributed by atoms with van der Waals surface area (Å²) < 4.78 is 48.6. The van der Waals surface area contributed by atoms with Crippen LogP contribution >= 0.6 is 0 Å². The molecule has 0 heterocycles. The topological polar surface area (TPSA) is 141 Å². The van der Waals surface area contributed by atoms with Crippen molar-refractivity contribution in [3.8, 4) is 0 Å². The fourth-order valence-corrected chi connectivity index (χ4v) is 4.51. The van der Waals surface area contributed by atoms with Gasteiger partial charge in [-0.25, -0.2) is 0 Å². The van der Waals surface area contributed by atoms with E-state index in [0.29, 0.717) is 92.5 Å². The van der Waals surface area contributed by atoms with Gasteiger partial charge >= 0.3 is 5.97 Å². The Morgan fingerprint density at radius 1 is 0.438 bits per heavy atom. The molecule has 0 saturated carbocycles. The molecule has 0 aromatic heterocycles. The maximum atomic E-state index is 11.4. The zero-order valence-electron chi connectivity index (χ0n) is 30.4. The molecule has 0 aliphatic rings. The molecule has 0 radical (unpaired) electrons. The lowest BCUT2D eigenvalue weighted by molar-refractivity contribution is -0.148. The molecule has 0 fully saturated rings. The molecule has 0 spiro atoms. The Morgan fingerprint density at radius 3 is 1.06 bits per heavy atom. The van der Waals surface area contributed by atoms with Crippen molar-refractivity contribution in [3.63, 3.8) is 0 Å². The van der Waals surface area contributed by atoms with E-state index in [2.05, 4.69) is 6.92 Å². The Morgan fingerprint density at radius 2 is 0.729 bits per heavy atom. The fraction of sp³-hybridized carbons (Fsp3) is 0.972. The van der Waals surface area contributed by atoms with Gasteiger partial charge in [0.1, 0.15) is 12.7 Å². The number of esters is 1. The summed E-state index contributed by atoms with van der Waals surface area (Å²) in [6.07, 6.45) is 18.2. The largest absolute Gasteiger partial charge is 0.463 e. The van der Waals surface area contributed by atoms with E-state index < -0.39 is 18.7 Å². The van der Waals surface area contributed by atoms with E-state index in [-0.39, 0.29) is 19.6 Å². The normalized spacial score (nSPS) is 12.1. The predicted octanol–water partition coefficient (Wildman–Crippen LogP) is 4.89. The van der Waals surface area contributed by atoms with Crippen LogP contribution in [-0.2, 0) is 47.4 Å². The first kappa shape index (κ1) is 47.1. The Labute approximate surface area is 291 Å². The van der Waals surface area contributed by atoms with E-state index in [1.807, 2.05) is 0 Å². The van der Waals surface area contributed by atoms with Crippen molar-refractivity contribution in [1.29, 1.82) is 0 Å². The second-order valence-electron chi connectivity index (χ2n) is 11.8.